The van der Waals surface area contributed by atoms with Gasteiger partial charge in [-0.3, -0.25) is 19.8 Å². The fraction of sp³-hybridized carbons (Fsp3) is 0.111. The minimum atomic E-state index is -0.657. The number of benzene rings is 2. The number of hydrogen-bond donors (Lipinski definition) is 2. The van der Waals surface area contributed by atoms with Gasteiger partial charge in [0.1, 0.15) is 5.82 Å². The van der Waals surface area contributed by atoms with Crippen LogP contribution >= 0.6 is 0 Å². The van der Waals surface area contributed by atoms with Crippen LogP contribution in [0.2, 0.25) is 0 Å². The first kappa shape index (κ1) is 16.7. The lowest BCUT2D eigenvalue weighted by Crippen LogP contribution is -2.32. The first-order valence-electron chi connectivity index (χ1n) is 7.66. The van der Waals surface area contributed by atoms with E-state index in [9.17, 15) is 14.0 Å². The van der Waals surface area contributed by atoms with E-state index in [4.69, 9.17) is 5.21 Å². The predicted octanol–water partition coefficient (Wildman–Crippen LogP) is 2.79. The number of nitrogens with zero attached hydrogens (tertiary/aromatic N) is 2. The molecule has 0 aliphatic carbocycles. The van der Waals surface area contributed by atoms with Crippen LogP contribution in [0.5, 0.6) is 0 Å². The minimum absolute atomic E-state index is 0.223. The van der Waals surface area contributed by atoms with Crippen molar-refractivity contribution in [2.45, 2.75) is 0 Å². The molecule has 0 aromatic heterocycles. The molecule has 2 N–H and O–H groups in total. The van der Waals surface area contributed by atoms with Gasteiger partial charge in [0, 0.05) is 24.9 Å². The zero-order valence-electron chi connectivity index (χ0n) is 13.2. The van der Waals surface area contributed by atoms with Gasteiger partial charge < -0.3 is 0 Å². The second-order valence-corrected chi connectivity index (χ2v) is 5.43. The second-order valence-electron chi connectivity index (χ2n) is 5.43. The molecule has 6 nitrogen and oxygen atoms in total. The molecule has 0 atom stereocenters. The zero-order chi connectivity index (χ0) is 17.8. The number of hydrogen-bond acceptors (Lipinski definition) is 3. The maximum atomic E-state index is 13.1. The Hall–Kier alpha value is -3.19. The van der Waals surface area contributed by atoms with Crippen LogP contribution in [0.25, 0.3) is 6.08 Å². The third-order valence-corrected chi connectivity index (χ3v) is 3.90. The molecule has 2 aromatic carbocycles. The van der Waals surface area contributed by atoms with E-state index in [1.807, 2.05) is 0 Å². The predicted molar refractivity (Wildman–Crippen MR) is 91.9 cm³/mol. The number of hydroxylamine groups is 1. The van der Waals surface area contributed by atoms with E-state index >= 15 is 0 Å². The first-order valence-corrected chi connectivity index (χ1v) is 7.66. The number of carbonyl (C=O) groups is 2. The Morgan fingerprint density at radius 3 is 2.48 bits per heavy atom. The fourth-order valence-electron chi connectivity index (χ4n) is 2.70. The highest BCUT2D eigenvalue weighted by molar-refractivity contribution is 6.07. The summed E-state index contributed by atoms with van der Waals surface area (Å²) in [5.74, 6) is -1.01. The zero-order valence-corrected chi connectivity index (χ0v) is 13.2. The highest BCUT2D eigenvalue weighted by atomic mass is 19.1. The standard InChI is InChI=1S/C18H16FN3O3/c19-14-6-8-15(9-7-14)21-11-12-22(18(21)24)16-4-2-1-3-13(16)5-10-17(23)20-25/h1-10,25H,11-12H2,(H,20,23). The third kappa shape index (κ3) is 3.51. The van der Waals surface area contributed by atoms with E-state index in [2.05, 4.69) is 0 Å². The lowest BCUT2D eigenvalue weighted by Gasteiger charge is -2.20. The molecule has 0 spiro atoms. The molecule has 3 amide bonds. The van der Waals surface area contributed by atoms with Gasteiger partial charge >= 0.3 is 6.03 Å². The Morgan fingerprint density at radius 2 is 1.76 bits per heavy atom. The number of nitrogens with one attached hydrogen (secondary N) is 1. The van der Waals surface area contributed by atoms with E-state index < -0.39 is 5.91 Å². The average molecular weight is 341 g/mol. The molecular weight excluding hydrogens is 325 g/mol. The molecule has 0 saturated carbocycles. The summed E-state index contributed by atoms with van der Waals surface area (Å²) in [4.78, 5) is 27.1. The number of carbonyl (C=O) groups excluding carboxylic acids is 2. The number of urea groups is 1. The number of para-hydroxylation sites is 1. The SMILES string of the molecule is O=C(C=Cc1ccccc1N1CCN(c2ccc(F)cc2)C1=O)NO. The van der Waals surface area contributed by atoms with Crippen molar-refractivity contribution in [1.29, 1.82) is 0 Å². The summed E-state index contributed by atoms with van der Waals surface area (Å²) >= 11 is 0. The highest BCUT2D eigenvalue weighted by Crippen LogP contribution is 2.28. The van der Waals surface area contributed by atoms with Crippen molar-refractivity contribution in [2.24, 2.45) is 0 Å². The molecule has 1 heterocycles. The highest BCUT2D eigenvalue weighted by Gasteiger charge is 2.31. The van der Waals surface area contributed by atoms with Gasteiger partial charge in [-0.1, -0.05) is 18.2 Å². The van der Waals surface area contributed by atoms with Gasteiger partial charge in [-0.05, 0) is 42.0 Å². The number of rotatable bonds is 4. The van der Waals surface area contributed by atoms with Crippen molar-refractivity contribution in [3.8, 4) is 0 Å². The first-order chi connectivity index (χ1) is 12.1. The van der Waals surface area contributed by atoms with Gasteiger partial charge in [0.15, 0.2) is 0 Å². The smallest absolute Gasteiger partial charge is 0.292 e. The maximum absolute atomic E-state index is 13.1. The van der Waals surface area contributed by atoms with E-state index in [0.717, 1.165) is 0 Å². The van der Waals surface area contributed by atoms with Gasteiger partial charge in [0.05, 0.1) is 5.69 Å². The van der Waals surface area contributed by atoms with E-state index in [1.165, 1.54) is 29.8 Å². The van der Waals surface area contributed by atoms with Gasteiger partial charge in [0.2, 0.25) is 0 Å². The Kier molecular flexibility index (Phi) is 4.76. The Balaban J connectivity index is 1.86. The van der Waals surface area contributed by atoms with Crippen molar-refractivity contribution in [1.82, 2.24) is 5.48 Å². The quantitative estimate of drug-likeness (QED) is 0.510. The molecule has 0 bridgehead atoms. The molecule has 1 saturated heterocycles. The fourth-order valence-corrected chi connectivity index (χ4v) is 2.70. The molecule has 25 heavy (non-hydrogen) atoms. The molecule has 2 aromatic rings. The van der Waals surface area contributed by atoms with E-state index in [1.54, 1.807) is 46.2 Å². The summed E-state index contributed by atoms with van der Waals surface area (Å²) in [6.45, 7) is 0.937. The van der Waals surface area contributed by atoms with Crippen molar-refractivity contribution < 1.29 is 19.2 Å². The van der Waals surface area contributed by atoms with Crippen LogP contribution in [0.4, 0.5) is 20.6 Å². The van der Waals surface area contributed by atoms with Gasteiger partial charge in [-0.25, -0.2) is 14.7 Å². The van der Waals surface area contributed by atoms with Crippen molar-refractivity contribution in [2.75, 3.05) is 22.9 Å². The van der Waals surface area contributed by atoms with Gasteiger partial charge in [-0.2, -0.15) is 0 Å². The van der Waals surface area contributed by atoms with Crippen LogP contribution in [0.3, 0.4) is 0 Å². The largest absolute Gasteiger partial charge is 0.329 e. The van der Waals surface area contributed by atoms with Crippen LogP contribution in [0, 0.1) is 5.82 Å². The molecule has 0 unspecified atom stereocenters. The minimum Gasteiger partial charge on any atom is -0.292 e. The molecule has 7 heteroatoms. The van der Waals surface area contributed by atoms with Crippen LogP contribution in [0.1, 0.15) is 5.56 Å². The molecule has 3 rings (SSSR count). The summed E-state index contributed by atoms with van der Waals surface area (Å²) in [6.07, 6.45) is 2.70. The van der Waals surface area contributed by atoms with Gasteiger partial charge in [-0.15, -0.1) is 0 Å². The topological polar surface area (TPSA) is 72.9 Å². The monoisotopic (exact) mass is 341 g/mol. The summed E-state index contributed by atoms with van der Waals surface area (Å²) < 4.78 is 13.1. The van der Waals surface area contributed by atoms with Crippen LogP contribution in [-0.4, -0.2) is 30.2 Å². The van der Waals surface area contributed by atoms with Crippen molar-refractivity contribution in [3.63, 3.8) is 0 Å². The second kappa shape index (κ2) is 7.14. The number of anilines is 2. The Bertz CT molecular complexity index is 821. The summed E-state index contributed by atoms with van der Waals surface area (Å²) in [6, 6.07) is 12.7. The van der Waals surface area contributed by atoms with Crippen molar-refractivity contribution >= 4 is 29.4 Å². The summed E-state index contributed by atoms with van der Waals surface area (Å²) in [5, 5.41) is 8.57. The lowest BCUT2D eigenvalue weighted by atomic mass is 10.1. The van der Waals surface area contributed by atoms with Crippen molar-refractivity contribution in [3.05, 3.63) is 66.0 Å². The third-order valence-electron chi connectivity index (χ3n) is 3.90. The summed E-state index contributed by atoms with van der Waals surface area (Å²) in [7, 11) is 0. The molecule has 1 aliphatic rings. The average Bonchev–Trinajstić information content (AvgIpc) is 3.02. The van der Waals surface area contributed by atoms with Crippen LogP contribution in [0.15, 0.2) is 54.6 Å². The number of amides is 3. The molecule has 1 fully saturated rings. The normalized spacial score (nSPS) is 14.4. The molecule has 0 radical (unpaired) electrons. The Labute approximate surface area is 143 Å². The lowest BCUT2D eigenvalue weighted by molar-refractivity contribution is -0.124. The Morgan fingerprint density at radius 1 is 1.08 bits per heavy atom. The van der Waals surface area contributed by atoms with Crippen LogP contribution in [-0.2, 0) is 4.79 Å². The van der Waals surface area contributed by atoms with E-state index in [-0.39, 0.29) is 11.8 Å². The summed E-state index contributed by atoms with van der Waals surface area (Å²) in [5.41, 5.74) is 3.47. The molecule has 1 aliphatic heterocycles. The van der Waals surface area contributed by atoms with E-state index in [0.29, 0.717) is 30.0 Å². The van der Waals surface area contributed by atoms with Crippen LogP contribution < -0.4 is 15.3 Å². The van der Waals surface area contributed by atoms with Gasteiger partial charge in [0.25, 0.3) is 5.91 Å². The number of halogens is 1. The molecular formula is C18H16FN3O3. The molecule has 128 valence electrons. The maximum Gasteiger partial charge on any atom is 0.329 e.